The van der Waals surface area contributed by atoms with Gasteiger partial charge in [-0.05, 0) is 30.4 Å². The molecular weight excluding hydrogens is 532 g/mol. The van der Waals surface area contributed by atoms with Crippen LogP contribution >= 0.6 is 24.0 Å². The number of hydrogen-bond donors (Lipinski definition) is 2. The summed E-state index contributed by atoms with van der Waals surface area (Å²) in [5.41, 5.74) is 0.0826. The summed E-state index contributed by atoms with van der Waals surface area (Å²) in [5, 5.41) is 11.3. The maximum atomic E-state index is 12.9. The summed E-state index contributed by atoms with van der Waals surface area (Å²) in [7, 11) is 1.71. The molecule has 10 heteroatoms. The number of nitrogens with zero attached hydrogens (tertiary/aromatic N) is 4. The number of alkyl halides is 3. The smallest absolute Gasteiger partial charge is 0.356 e. The Morgan fingerprint density at radius 3 is 2.69 bits per heavy atom. The van der Waals surface area contributed by atoms with Crippen LogP contribution in [0.1, 0.15) is 68.2 Å². The normalized spacial score (nSPS) is 17.5. The molecule has 0 fully saturated rings. The number of halogens is 4. The highest BCUT2D eigenvalue weighted by Gasteiger charge is 2.30. The van der Waals surface area contributed by atoms with Crippen LogP contribution in [0.2, 0.25) is 0 Å². The molecule has 32 heavy (non-hydrogen) atoms. The highest BCUT2D eigenvalue weighted by atomic mass is 127. The van der Waals surface area contributed by atoms with Crippen LogP contribution in [0.4, 0.5) is 13.2 Å². The summed E-state index contributed by atoms with van der Waals surface area (Å²) < 4.78 is 40.8. The lowest BCUT2D eigenvalue weighted by molar-refractivity contribution is -0.137. The number of fused-ring (bicyclic) bond motifs is 1. The zero-order chi connectivity index (χ0) is 22.6. The molecule has 0 bridgehead atoms. The van der Waals surface area contributed by atoms with Crippen molar-refractivity contribution in [3.63, 3.8) is 0 Å². The molecule has 1 aliphatic rings. The van der Waals surface area contributed by atoms with Crippen LogP contribution in [0.15, 0.2) is 29.3 Å². The minimum absolute atomic E-state index is 0. The van der Waals surface area contributed by atoms with Gasteiger partial charge in [-0.25, -0.2) is 9.67 Å². The summed E-state index contributed by atoms with van der Waals surface area (Å²) in [6, 6.07) is 5.75. The molecule has 0 aliphatic carbocycles. The first-order valence-electron chi connectivity index (χ1n) is 10.7. The first-order chi connectivity index (χ1) is 14.7. The average molecular weight is 564 g/mol. The van der Waals surface area contributed by atoms with Crippen molar-refractivity contribution in [2.24, 2.45) is 4.99 Å². The summed E-state index contributed by atoms with van der Waals surface area (Å²) in [4.78, 5) is 8.90. The molecule has 0 spiro atoms. The van der Waals surface area contributed by atoms with Crippen molar-refractivity contribution >= 4 is 29.9 Å². The third kappa shape index (κ3) is 6.82. The Morgan fingerprint density at radius 1 is 1.28 bits per heavy atom. The van der Waals surface area contributed by atoms with Gasteiger partial charge in [-0.3, -0.25) is 4.99 Å². The van der Waals surface area contributed by atoms with Crippen LogP contribution in [0, 0.1) is 0 Å². The summed E-state index contributed by atoms with van der Waals surface area (Å²) in [5.74, 6) is 2.89. The molecule has 1 aromatic carbocycles. The minimum atomic E-state index is -4.32. The van der Waals surface area contributed by atoms with Crippen molar-refractivity contribution in [1.29, 1.82) is 0 Å². The molecule has 3 rings (SSSR count). The molecule has 0 saturated carbocycles. The molecular formula is C22H32F3IN6. The number of aromatic nitrogens is 3. The lowest BCUT2D eigenvalue weighted by Crippen LogP contribution is -2.47. The maximum absolute atomic E-state index is 12.9. The van der Waals surface area contributed by atoms with Gasteiger partial charge in [0.1, 0.15) is 5.82 Å². The number of aryl methyl sites for hydroxylation is 1. The number of rotatable bonds is 6. The van der Waals surface area contributed by atoms with Crippen molar-refractivity contribution in [3.05, 3.63) is 47.0 Å². The summed E-state index contributed by atoms with van der Waals surface area (Å²) in [6.07, 6.45) is -1.82. The van der Waals surface area contributed by atoms with Gasteiger partial charge in [-0.1, -0.05) is 39.0 Å². The third-order valence-electron chi connectivity index (χ3n) is 5.61. The fraction of sp³-hybridized carbons (Fsp3) is 0.591. The van der Waals surface area contributed by atoms with E-state index >= 15 is 0 Å². The quantitative estimate of drug-likeness (QED) is 0.303. The topological polar surface area (TPSA) is 67.1 Å². The predicted octanol–water partition coefficient (Wildman–Crippen LogP) is 4.71. The van der Waals surface area contributed by atoms with Gasteiger partial charge >= 0.3 is 6.18 Å². The van der Waals surface area contributed by atoms with E-state index in [1.807, 2.05) is 11.6 Å². The second-order valence-corrected chi connectivity index (χ2v) is 8.41. The Bertz CT molecular complexity index is 909. The van der Waals surface area contributed by atoms with Crippen molar-refractivity contribution in [2.45, 2.75) is 70.6 Å². The van der Waals surface area contributed by atoms with Gasteiger partial charge in [0.25, 0.3) is 0 Å². The van der Waals surface area contributed by atoms with Crippen LogP contribution in [0.25, 0.3) is 0 Å². The highest BCUT2D eigenvalue weighted by Crippen LogP contribution is 2.31. The van der Waals surface area contributed by atoms with E-state index in [0.29, 0.717) is 30.4 Å². The predicted molar refractivity (Wildman–Crippen MR) is 131 cm³/mol. The number of nitrogens with one attached hydrogen (secondary N) is 2. The lowest BCUT2D eigenvalue weighted by atomic mass is 9.96. The number of guanidine groups is 1. The largest absolute Gasteiger partial charge is 0.416 e. The Hall–Kier alpha value is -1.85. The van der Waals surface area contributed by atoms with Crippen molar-refractivity contribution in [1.82, 2.24) is 25.4 Å². The van der Waals surface area contributed by atoms with E-state index in [-0.39, 0.29) is 35.9 Å². The van der Waals surface area contributed by atoms with Crippen molar-refractivity contribution in [3.8, 4) is 0 Å². The van der Waals surface area contributed by atoms with Crippen molar-refractivity contribution in [2.75, 3.05) is 13.6 Å². The molecule has 2 N–H and O–H groups in total. The monoisotopic (exact) mass is 564 g/mol. The third-order valence-corrected chi connectivity index (χ3v) is 5.61. The number of benzene rings is 1. The molecule has 0 radical (unpaired) electrons. The molecule has 2 aromatic rings. The molecule has 178 valence electrons. The Balaban J connectivity index is 0.00000363. The summed E-state index contributed by atoms with van der Waals surface area (Å²) >= 11 is 0. The second kappa shape index (κ2) is 11.3. The van der Waals surface area contributed by atoms with Gasteiger partial charge in [0, 0.05) is 32.0 Å². The molecule has 2 unspecified atom stereocenters. The highest BCUT2D eigenvalue weighted by molar-refractivity contribution is 14.0. The van der Waals surface area contributed by atoms with Gasteiger partial charge in [0.05, 0.1) is 12.1 Å². The Labute approximate surface area is 204 Å². The van der Waals surface area contributed by atoms with E-state index in [2.05, 4.69) is 39.6 Å². The molecule has 2 atom stereocenters. The lowest BCUT2D eigenvalue weighted by Gasteiger charge is -2.25. The van der Waals surface area contributed by atoms with Gasteiger partial charge in [-0.2, -0.15) is 18.3 Å². The number of hydrogen-bond acceptors (Lipinski definition) is 3. The van der Waals surface area contributed by atoms with E-state index < -0.39 is 11.7 Å². The molecule has 1 aromatic heterocycles. The molecule has 1 aliphatic heterocycles. The van der Waals surface area contributed by atoms with Gasteiger partial charge in [-0.15, -0.1) is 24.0 Å². The second-order valence-electron chi connectivity index (χ2n) is 8.41. The first kappa shape index (κ1) is 26.4. The SMILES string of the molecule is CN=C(NCCC(C)c1cccc(C(F)(F)F)c1)NC1CCc2nc(C(C)C)nn2C1.I. The number of aliphatic imine (C=N–C) groups is 1. The minimum Gasteiger partial charge on any atom is -0.356 e. The van der Waals surface area contributed by atoms with Gasteiger partial charge < -0.3 is 10.6 Å². The van der Waals surface area contributed by atoms with E-state index in [1.165, 1.54) is 12.1 Å². The van der Waals surface area contributed by atoms with E-state index in [9.17, 15) is 13.2 Å². The molecule has 2 heterocycles. The fourth-order valence-corrected chi connectivity index (χ4v) is 3.67. The summed E-state index contributed by atoms with van der Waals surface area (Å²) in [6.45, 7) is 7.45. The van der Waals surface area contributed by atoms with E-state index in [4.69, 9.17) is 0 Å². The van der Waals surface area contributed by atoms with Crippen molar-refractivity contribution < 1.29 is 13.2 Å². The molecule has 6 nitrogen and oxygen atoms in total. The maximum Gasteiger partial charge on any atom is 0.416 e. The van der Waals surface area contributed by atoms with Crippen LogP contribution in [-0.2, 0) is 19.1 Å². The van der Waals surface area contributed by atoms with E-state index in [0.717, 1.165) is 37.1 Å². The Morgan fingerprint density at radius 2 is 2.03 bits per heavy atom. The zero-order valence-electron chi connectivity index (χ0n) is 18.9. The van der Waals surface area contributed by atoms with Gasteiger partial charge in [0.15, 0.2) is 11.8 Å². The van der Waals surface area contributed by atoms with Crippen LogP contribution < -0.4 is 10.6 Å². The Kier molecular flexibility index (Phi) is 9.35. The van der Waals surface area contributed by atoms with Crippen LogP contribution in [0.3, 0.4) is 0 Å². The fourth-order valence-electron chi connectivity index (χ4n) is 3.67. The van der Waals surface area contributed by atoms with Crippen LogP contribution in [-0.4, -0.2) is 40.4 Å². The van der Waals surface area contributed by atoms with Gasteiger partial charge in [0.2, 0.25) is 0 Å². The molecule has 0 amide bonds. The van der Waals surface area contributed by atoms with E-state index in [1.54, 1.807) is 13.1 Å². The zero-order valence-corrected chi connectivity index (χ0v) is 21.2. The molecule has 0 saturated heterocycles. The van der Waals surface area contributed by atoms with Crippen LogP contribution in [0.5, 0.6) is 0 Å². The first-order valence-corrected chi connectivity index (χ1v) is 10.7. The standard InChI is InChI=1S/C22H31F3N6.HI/c1-14(2)20-29-19-9-8-18(13-31(19)30-20)28-21(26-4)27-11-10-15(3)16-6-5-7-17(12-16)22(23,24)25;/h5-7,12,14-15,18H,8-11,13H2,1-4H3,(H2,26,27,28);1H. The average Bonchev–Trinajstić information content (AvgIpc) is 3.16.